The molecule has 1 amide bonds. The molecule has 1 fully saturated rings. The number of aliphatic hydroxyl groups excluding tert-OH is 1. The highest BCUT2D eigenvalue weighted by molar-refractivity contribution is 5.67. The number of ether oxygens (including phenoxy) is 2. The Kier molecular flexibility index (Phi) is 9.35. The molecule has 200 valence electrons. The standard InChI is InChI=1S/C27H43N5O4/c1-26(2,3)32-24(17-22(31-32)19-12-13-21(33)16-19)30-23-11-9-10-20(29-23)18-35-15-8-7-14-28-25(34)36-27(4,5)6/h9-11,17,19,21,33H,7-8,12-16,18H2,1-6H3,(H,28,34)(H,29,30)/t19-,21+/m0/s1. The van der Waals surface area contributed by atoms with Crippen LogP contribution in [0, 0.1) is 0 Å². The molecule has 3 rings (SSSR count). The Bertz CT molecular complexity index is 993. The lowest BCUT2D eigenvalue weighted by molar-refractivity contribution is 0.0524. The first kappa shape index (κ1) is 27.9. The summed E-state index contributed by atoms with van der Waals surface area (Å²) < 4.78 is 13.0. The third kappa shape index (κ3) is 8.78. The third-order valence-corrected chi connectivity index (χ3v) is 5.88. The van der Waals surface area contributed by atoms with Crippen molar-refractivity contribution < 1.29 is 19.4 Å². The fourth-order valence-electron chi connectivity index (χ4n) is 4.20. The Labute approximate surface area is 215 Å². The van der Waals surface area contributed by atoms with Crippen LogP contribution in [0.5, 0.6) is 0 Å². The van der Waals surface area contributed by atoms with Crippen molar-refractivity contribution in [3.05, 3.63) is 35.7 Å². The van der Waals surface area contributed by atoms with Crippen LogP contribution in [0.3, 0.4) is 0 Å². The molecule has 2 atom stereocenters. The normalized spacial score (nSPS) is 18.3. The first-order chi connectivity index (χ1) is 16.9. The van der Waals surface area contributed by atoms with Gasteiger partial charge in [-0.1, -0.05) is 6.07 Å². The van der Waals surface area contributed by atoms with Gasteiger partial charge in [0.15, 0.2) is 0 Å². The van der Waals surface area contributed by atoms with Crippen molar-refractivity contribution in [3.8, 4) is 0 Å². The molecule has 0 bridgehead atoms. The summed E-state index contributed by atoms with van der Waals surface area (Å²) in [5, 5.41) is 21.0. The van der Waals surface area contributed by atoms with Crippen LogP contribution in [0.25, 0.3) is 0 Å². The topological polar surface area (TPSA) is 111 Å². The molecule has 36 heavy (non-hydrogen) atoms. The number of hydrogen-bond acceptors (Lipinski definition) is 7. The first-order valence-electron chi connectivity index (χ1n) is 13.0. The molecule has 3 N–H and O–H groups in total. The smallest absolute Gasteiger partial charge is 0.407 e. The number of aromatic nitrogens is 3. The van der Waals surface area contributed by atoms with E-state index < -0.39 is 11.7 Å². The summed E-state index contributed by atoms with van der Waals surface area (Å²) in [6.07, 6.45) is 3.58. The third-order valence-electron chi connectivity index (χ3n) is 5.88. The van der Waals surface area contributed by atoms with Crippen molar-refractivity contribution >= 4 is 17.7 Å². The predicted octanol–water partition coefficient (Wildman–Crippen LogP) is 5.23. The molecular formula is C27H43N5O4. The zero-order valence-electron chi connectivity index (χ0n) is 22.6. The maximum absolute atomic E-state index is 11.7. The van der Waals surface area contributed by atoms with Crippen molar-refractivity contribution in [1.82, 2.24) is 20.1 Å². The fourth-order valence-corrected chi connectivity index (χ4v) is 4.20. The van der Waals surface area contributed by atoms with Gasteiger partial charge in [0.05, 0.1) is 29.6 Å². The Morgan fingerprint density at radius 1 is 1.17 bits per heavy atom. The average Bonchev–Trinajstić information content (AvgIpc) is 3.38. The van der Waals surface area contributed by atoms with Gasteiger partial charge in [0.1, 0.15) is 17.2 Å². The van der Waals surface area contributed by atoms with Crippen molar-refractivity contribution in [2.24, 2.45) is 0 Å². The fraction of sp³-hybridized carbons (Fsp3) is 0.667. The summed E-state index contributed by atoms with van der Waals surface area (Å²) in [5.74, 6) is 1.92. The van der Waals surface area contributed by atoms with Crippen LogP contribution in [0.1, 0.15) is 91.0 Å². The highest BCUT2D eigenvalue weighted by atomic mass is 16.6. The van der Waals surface area contributed by atoms with Gasteiger partial charge in [-0.2, -0.15) is 5.10 Å². The number of alkyl carbamates (subject to hydrolysis) is 1. The van der Waals surface area contributed by atoms with Crippen LogP contribution in [0.15, 0.2) is 24.3 Å². The molecule has 9 nitrogen and oxygen atoms in total. The molecule has 0 aromatic carbocycles. The minimum Gasteiger partial charge on any atom is -0.444 e. The molecule has 1 saturated carbocycles. The molecule has 0 spiro atoms. The molecule has 2 aromatic rings. The average molecular weight is 502 g/mol. The van der Waals surface area contributed by atoms with Crippen LogP contribution >= 0.6 is 0 Å². The van der Waals surface area contributed by atoms with E-state index in [1.807, 2.05) is 43.7 Å². The SMILES string of the molecule is CC(C)(C)OC(=O)NCCCCOCc1cccc(Nc2cc([C@H]3CC[C@@H](O)C3)nn2C(C)(C)C)n1. The summed E-state index contributed by atoms with van der Waals surface area (Å²) in [4.78, 5) is 16.4. The number of pyridine rings is 1. The second-order valence-electron chi connectivity index (χ2n) is 11.5. The van der Waals surface area contributed by atoms with Gasteiger partial charge in [-0.05, 0) is 85.8 Å². The molecule has 0 aliphatic heterocycles. The number of nitrogens with one attached hydrogen (secondary N) is 2. The Hall–Kier alpha value is -2.65. The van der Waals surface area contributed by atoms with E-state index in [1.54, 1.807) is 0 Å². The largest absolute Gasteiger partial charge is 0.444 e. The van der Waals surface area contributed by atoms with Crippen molar-refractivity contribution in [3.63, 3.8) is 0 Å². The van der Waals surface area contributed by atoms with E-state index in [4.69, 9.17) is 19.6 Å². The van der Waals surface area contributed by atoms with Gasteiger partial charge < -0.3 is 25.2 Å². The molecular weight excluding hydrogens is 458 g/mol. The van der Waals surface area contributed by atoms with Gasteiger partial charge in [-0.15, -0.1) is 0 Å². The number of hydrogen-bond donors (Lipinski definition) is 3. The van der Waals surface area contributed by atoms with E-state index in [-0.39, 0.29) is 17.6 Å². The molecule has 0 saturated heterocycles. The molecule has 1 aliphatic rings. The lowest BCUT2D eigenvalue weighted by atomic mass is 10.0. The Balaban J connectivity index is 1.48. The number of unbranched alkanes of at least 4 members (excludes halogenated alkanes) is 1. The summed E-state index contributed by atoms with van der Waals surface area (Å²) in [6.45, 7) is 13.5. The van der Waals surface area contributed by atoms with Gasteiger partial charge in [0.25, 0.3) is 0 Å². The number of aliphatic hydroxyl groups is 1. The van der Waals surface area contributed by atoms with Crippen LogP contribution in [0.2, 0.25) is 0 Å². The van der Waals surface area contributed by atoms with Crippen molar-refractivity contribution in [2.75, 3.05) is 18.5 Å². The number of anilines is 2. The van der Waals surface area contributed by atoms with Crippen LogP contribution in [-0.2, 0) is 21.6 Å². The van der Waals surface area contributed by atoms with Crippen molar-refractivity contribution in [1.29, 1.82) is 0 Å². The van der Waals surface area contributed by atoms with Gasteiger partial charge in [-0.3, -0.25) is 0 Å². The summed E-state index contributed by atoms with van der Waals surface area (Å²) >= 11 is 0. The van der Waals surface area contributed by atoms with E-state index in [1.165, 1.54) is 0 Å². The number of amides is 1. The molecule has 0 unspecified atom stereocenters. The van der Waals surface area contributed by atoms with Crippen molar-refractivity contribution in [2.45, 2.75) is 103 Å². The monoisotopic (exact) mass is 501 g/mol. The molecule has 2 heterocycles. The number of rotatable bonds is 10. The number of carbonyl (C=O) groups excluding carboxylic acids is 1. The maximum atomic E-state index is 11.7. The predicted molar refractivity (Wildman–Crippen MR) is 140 cm³/mol. The van der Waals surface area contributed by atoms with Gasteiger partial charge in [-0.25, -0.2) is 14.5 Å². The highest BCUT2D eigenvalue weighted by Gasteiger charge is 2.29. The molecule has 0 radical (unpaired) electrons. The molecule has 2 aromatic heterocycles. The van der Waals surface area contributed by atoms with Crippen LogP contribution < -0.4 is 10.6 Å². The van der Waals surface area contributed by atoms with Gasteiger partial charge >= 0.3 is 6.09 Å². The van der Waals surface area contributed by atoms with Crippen LogP contribution in [-0.4, -0.2) is 50.8 Å². The van der Waals surface area contributed by atoms with E-state index in [0.717, 1.165) is 55.1 Å². The van der Waals surface area contributed by atoms with Gasteiger partial charge in [0, 0.05) is 25.1 Å². The summed E-state index contributed by atoms with van der Waals surface area (Å²) in [5.41, 5.74) is 1.17. The van der Waals surface area contributed by atoms with E-state index in [2.05, 4.69) is 37.5 Å². The Morgan fingerprint density at radius 2 is 1.94 bits per heavy atom. The summed E-state index contributed by atoms with van der Waals surface area (Å²) in [6, 6.07) is 7.93. The van der Waals surface area contributed by atoms with E-state index in [9.17, 15) is 9.90 Å². The van der Waals surface area contributed by atoms with Crippen LogP contribution in [0.4, 0.5) is 16.4 Å². The minimum absolute atomic E-state index is 0.198. The zero-order valence-corrected chi connectivity index (χ0v) is 22.6. The molecule has 1 aliphatic carbocycles. The lowest BCUT2D eigenvalue weighted by Crippen LogP contribution is -2.33. The quantitative estimate of drug-likeness (QED) is 0.383. The summed E-state index contributed by atoms with van der Waals surface area (Å²) in [7, 11) is 0. The lowest BCUT2D eigenvalue weighted by Gasteiger charge is -2.22. The van der Waals surface area contributed by atoms with Gasteiger partial charge in [0.2, 0.25) is 0 Å². The van der Waals surface area contributed by atoms with E-state index >= 15 is 0 Å². The molecule has 9 heteroatoms. The first-order valence-corrected chi connectivity index (χ1v) is 13.0. The zero-order chi connectivity index (χ0) is 26.3. The number of nitrogens with zero attached hydrogens (tertiary/aromatic N) is 3. The Morgan fingerprint density at radius 3 is 2.61 bits per heavy atom. The highest BCUT2D eigenvalue weighted by Crippen LogP contribution is 2.36. The maximum Gasteiger partial charge on any atom is 0.407 e. The second kappa shape index (κ2) is 12.1. The minimum atomic E-state index is -0.488. The van der Waals surface area contributed by atoms with E-state index in [0.29, 0.717) is 19.8 Å². The number of carbonyl (C=O) groups is 1. The second-order valence-corrected chi connectivity index (χ2v) is 11.5.